The molecule has 0 aromatic heterocycles. The molecule has 0 amide bonds. The van der Waals surface area contributed by atoms with E-state index in [0.717, 1.165) is 29.5 Å². The average molecular weight is 400 g/mol. The summed E-state index contributed by atoms with van der Waals surface area (Å²) in [6.45, 7) is 0. The molecule has 0 spiro atoms. The first kappa shape index (κ1) is 18.7. The predicted molar refractivity (Wildman–Crippen MR) is 97.4 cm³/mol. The van der Waals surface area contributed by atoms with Crippen LogP contribution in [0.4, 0.5) is 18.9 Å². The van der Waals surface area contributed by atoms with Gasteiger partial charge in [0.05, 0.1) is 10.6 Å². The number of hydrogen-bond donors (Lipinski definition) is 2. The molecule has 1 aliphatic heterocycles. The van der Waals surface area contributed by atoms with Gasteiger partial charge in [-0.2, -0.15) is 13.2 Å². The zero-order valence-electron chi connectivity index (χ0n) is 13.3. The lowest BCUT2D eigenvalue weighted by molar-refractivity contribution is -0.137. The third-order valence-corrected chi connectivity index (χ3v) is 7.18. The summed E-state index contributed by atoms with van der Waals surface area (Å²) >= 11 is 1.07. The van der Waals surface area contributed by atoms with E-state index >= 15 is 0 Å². The highest BCUT2D eigenvalue weighted by Gasteiger charge is 2.36. The van der Waals surface area contributed by atoms with Gasteiger partial charge in [0.15, 0.2) is 0 Å². The highest BCUT2D eigenvalue weighted by molar-refractivity contribution is 8.18. The summed E-state index contributed by atoms with van der Waals surface area (Å²) in [5, 5.41) is 0.423. The van der Waals surface area contributed by atoms with Crippen LogP contribution >= 0.6 is 11.8 Å². The van der Waals surface area contributed by atoms with Gasteiger partial charge in [0.1, 0.15) is 4.58 Å². The van der Waals surface area contributed by atoms with Gasteiger partial charge in [-0.25, -0.2) is 8.42 Å². The van der Waals surface area contributed by atoms with Crippen molar-refractivity contribution < 1.29 is 21.6 Å². The Morgan fingerprint density at radius 2 is 1.85 bits per heavy atom. The minimum absolute atomic E-state index is 0.0248. The molecule has 26 heavy (non-hydrogen) atoms. The van der Waals surface area contributed by atoms with E-state index in [1.54, 1.807) is 30.3 Å². The maximum absolute atomic E-state index is 12.8. The molecular weight excluding hydrogens is 385 g/mol. The summed E-state index contributed by atoms with van der Waals surface area (Å²) in [5.41, 5.74) is 6.50. The molecular formula is C17H15F3N2O2S2. The molecule has 0 radical (unpaired) electrons. The first-order chi connectivity index (χ1) is 12.1. The number of sulfonamides is 1. The predicted octanol–water partition coefficient (Wildman–Crippen LogP) is 3.82. The molecule has 1 fully saturated rings. The fraction of sp³-hybridized carbons (Fsp3) is 0.176. The minimum Gasteiger partial charge on any atom is -0.399 e. The van der Waals surface area contributed by atoms with E-state index in [1.165, 1.54) is 12.1 Å². The molecule has 1 heterocycles. The molecule has 3 rings (SSSR count). The van der Waals surface area contributed by atoms with E-state index in [-0.39, 0.29) is 6.42 Å². The largest absolute Gasteiger partial charge is 0.416 e. The second-order valence-electron chi connectivity index (χ2n) is 5.77. The second-order valence-corrected chi connectivity index (χ2v) is 9.18. The standard InChI is InChI=1S/C17H15F3N2O2S2/c18-17(19,20)13-3-1-2-12(8-13)10-16-25-15(22-26(16,23)24)9-11-4-6-14(21)7-5-11/h1-9,16,22H,10,21H2/b15-9-. The molecule has 2 aromatic carbocycles. The quantitative estimate of drug-likeness (QED) is 0.769. The van der Waals surface area contributed by atoms with Gasteiger partial charge in [-0.05, 0) is 35.4 Å². The number of hydrogen-bond acceptors (Lipinski definition) is 4. The molecule has 1 unspecified atom stereocenters. The first-order valence-electron chi connectivity index (χ1n) is 7.55. The van der Waals surface area contributed by atoms with Crippen molar-refractivity contribution in [2.75, 3.05) is 5.73 Å². The molecule has 0 aliphatic carbocycles. The van der Waals surface area contributed by atoms with Gasteiger partial charge in [-0.3, -0.25) is 4.72 Å². The van der Waals surface area contributed by atoms with E-state index in [4.69, 9.17) is 5.73 Å². The Hall–Kier alpha value is -2.13. The van der Waals surface area contributed by atoms with Crippen molar-refractivity contribution >= 4 is 33.5 Å². The number of benzene rings is 2. The van der Waals surface area contributed by atoms with Gasteiger partial charge in [0.2, 0.25) is 10.0 Å². The lowest BCUT2D eigenvalue weighted by atomic mass is 10.1. The molecule has 1 saturated heterocycles. The van der Waals surface area contributed by atoms with E-state index in [2.05, 4.69) is 4.72 Å². The maximum Gasteiger partial charge on any atom is 0.416 e. The van der Waals surface area contributed by atoms with E-state index in [9.17, 15) is 21.6 Å². The molecule has 1 atom stereocenters. The highest BCUT2D eigenvalue weighted by Crippen LogP contribution is 2.36. The van der Waals surface area contributed by atoms with Gasteiger partial charge < -0.3 is 5.73 Å². The van der Waals surface area contributed by atoms with Gasteiger partial charge in [0, 0.05) is 12.1 Å². The summed E-state index contributed by atoms with van der Waals surface area (Å²) in [5.74, 6) is 0. The van der Waals surface area contributed by atoms with Crippen LogP contribution in [0.5, 0.6) is 0 Å². The molecule has 9 heteroatoms. The van der Waals surface area contributed by atoms with Crippen LogP contribution in [-0.2, 0) is 22.6 Å². The topological polar surface area (TPSA) is 72.2 Å². The van der Waals surface area contributed by atoms with Crippen LogP contribution in [0.15, 0.2) is 53.6 Å². The first-order valence-corrected chi connectivity index (χ1v) is 9.98. The number of anilines is 1. The van der Waals surface area contributed by atoms with E-state index in [0.29, 0.717) is 16.3 Å². The van der Waals surface area contributed by atoms with Crippen LogP contribution in [0.2, 0.25) is 0 Å². The molecule has 2 aromatic rings. The van der Waals surface area contributed by atoms with Crippen molar-refractivity contribution in [3.8, 4) is 0 Å². The monoisotopic (exact) mass is 400 g/mol. The van der Waals surface area contributed by atoms with E-state index < -0.39 is 26.3 Å². The Bertz CT molecular complexity index is 939. The smallest absolute Gasteiger partial charge is 0.399 e. The Balaban J connectivity index is 1.80. The fourth-order valence-electron chi connectivity index (χ4n) is 2.46. The van der Waals surface area contributed by atoms with Crippen LogP contribution in [0.25, 0.3) is 6.08 Å². The van der Waals surface area contributed by atoms with Crippen molar-refractivity contribution in [3.05, 3.63) is 70.3 Å². The second kappa shape index (κ2) is 6.88. The number of nitrogen functional groups attached to an aromatic ring is 1. The third kappa shape index (κ3) is 4.34. The molecule has 0 saturated carbocycles. The Kier molecular flexibility index (Phi) is 4.94. The van der Waals surface area contributed by atoms with Gasteiger partial charge in [0.25, 0.3) is 0 Å². The minimum atomic E-state index is -4.46. The summed E-state index contributed by atoms with van der Waals surface area (Å²) < 4.78 is 64.6. The summed E-state index contributed by atoms with van der Waals surface area (Å²) in [4.78, 5) is 0. The SMILES string of the molecule is Nc1ccc(/C=C2/NS(=O)(=O)C(Cc3cccc(C(F)(F)F)c3)S2)cc1. The van der Waals surface area contributed by atoms with Crippen LogP contribution < -0.4 is 10.5 Å². The Morgan fingerprint density at radius 1 is 1.15 bits per heavy atom. The summed E-state index contributed by atoms with van der Waals surface area (Å²) in [6, 6.07) is 11.6. The van der Waals surface area contributed by atoms with Crippen molar-refractivity contribution in [2.24, 2.45) is 0 Å². The molecule has 3 N–H and O–H groups in total. The number of thioether (sulfide) groups is 1. The van der Waals surface area contributed by atoms with E-state index in [1.807, 2.05) is 0 Å². The average Bonchev–Trinajstić information content (AvgIpc) is 2.83. The maximum atomic E-state index is 12.8. The van der Waals surface area contributed by atoms with Crippen LogP contribution in [0.3, 0.4) is 0 Å². The zero-order valence-corrected chi connectivity index (χ0v) is 15.0. The Morgan fingerprint density at radius 3 is 2.50 bits per heavy atom. The summed E-state index contributed by atoms with van der Waals surface area (Å²) in [6.07, 6.45) is -2.83. The highest BCUT2D eigenvalue weighted by atomic mass is 32.3. The number of nitrogens with one attached hydrogen (secondary N) is 1. The van der Waals surface area contributed by atoms with Crippen LogP contribution in [-0.4, -0.2) is 13.0 Å². The van der Waals surface area contributed by atoms with Gasteiger partial charge in [-0.1, -0.05) is 42.1 Å². The van der Waals surface area contributed by atoms with Gasteiger partial charge in [-0.15, -0.1) is 0 Å². The number of halogens is 3. The van der Waals surface area contributed by atoms with Gasteiger partial charge >= 0.3 is 6.18 Å². The number of rotatable bonds is 3. The molecule has 4 nitrogen and oxygen atoms in total. The third-order valence-electron chi connectivity index (χ3n) is 3.74. The molecule has 0 bridgehead atoms. The number of alkyl halides is 3. The molecule has 1 aliphatic rings. The number of nitrogens with two attached hydrogens (primary N) is 1. The molecule has 138 valence electrons. The van der Waals surface area contributed by atoms with Crippen molar-refractivity contribution in [2.45, 2.75) is 17.2 Å². The lowest BCUT2D eigenvalue weighted by Crippen LogP contribution is -2.24. The van der Waals surface area contributed by atoms with Crippen molar-refractivity contribution in [1.29, 1.82) is 0 Å². The normalized spacial score (nSPS) is 20.9. The van der Waals surface area contributed by atoms with Crippen molar-refractivity contribution in [3.63, 3.8) is 0 Å². The lowest BCUT2D eigenvalue weighted by Gasteiger charge is -2.10. The van der Waals surface area contributed by atoms with Crippen LogP contribution in [0.1, 0.15) is 16.7 Å². The van der Waals surface area contributed by atoms with Crippen LogP contribution in [0, 0.1) is 0 Å². The van der Waals surface area contributed by atoms with Crippen molar-refractivity contribution in [1.82, 2.24) is 4.72 Å². The zero-order chi connectivity index (χ0) is 18.9. The fourth-order valence-corrected chi connectivity index (χ4v) is 5.61. The summed E-state index contributed by atoms with van der Waals surface area (Å²) in [7, 11) is -3.67. The Labute approximate surface area is 153 Å².